The second kappa shape index (κ2) is 13.8. The summed E-state index contributed by atoms with van der Waals surface area (Å²) >= 11 is 0. The molecule has 0 unspecified atom stereocenters. The molecular weight excluding hydrogens is 342 g/mol. The number of nitrogens with zero attached hydrogens (tertiary/aromatic N) is 1. The van der Waals surface area contributed by atoms with Crippen LogP contribution < -0.4 is 0 Å². The molecule has 8 nitrogen and oxygen atoms in total. The fourth-order valence-electron chi connectivity index (χ4n) is 2.27. The van der Waals surface area contributed by atoms with Gasteiger partial charge >= 0.3 is 17.9 Å². The summed E-state index contributed by atoms with van der Waals surface area (Å²) in [5.74, 6) is -1.62. The zero-order valence-corrected chi connectivity index (χ0v) is 15.1. The maximum Gasteiger partial charge on any atom is 0.330 e. The van der Waals surface area contributed by atoms with Crippen LogP contribution in [0.2, 0.25) is 0 Å². The number of esters is 3. The molecule has 0 atom stereocenters. The van der Waals surface area contributed by atoms with Crippen molar-refractivity contribution in [3.63, 3.8) is 0 Å². The number of carbonyl (C=O) groups is 3. The Hall–Kier alpha value is -2.45. The van der Waals surface area contributed by atoms with Gasteiger partial charge in [0.2, 0.25) is 0 Å². The van der Waals surface area contributed by atoms with Crippen LogP contribution in [0.4, 0.5) is 0 Å². The van der Waals surface area contributed by atoms with Gasteiger partial charge in [0.15, 0.2) is 0 Å². The van der Waals surface area contributed by atoms with Crippen molar-refractivity contribution in [1.29, 1.82) is 0 Å². The van der Waals surface area contributed by atoms with E-state index in [0.29, 0.717) is 37.1 Å². The van der Waals surface area contributed by atoms with Crippen molar-refractivity contribution in [3.8, 4) is 0 Å². The Morgan fingerprint density at radius 3 is 1.35 bits per heavy atom. The third-order valence-electron chi connectivity index (χ3n) is 3.72. The van der Waals surface area contributed by atoms with Crippen LogP contribution in [0.25, 0.3) is 0 Å². The fourth-order valence-corrected chi connectivity index (χ4v) is 2.27. The number of hydrogen-bond acceptors (Lipinski definition) is 7. The number of carbonyl (C=O) groups excluding carboxylic acids is 3. The zero-order chi connectivity index (χ0) is 19.8. The lowest BCUT2D eigenvalue weighted by atomic mass is 10.2. The molecule has 0 saturated heterocycles. The molecule has 0 saturated carbocycles. The summed E-state index contributed by atoms with van der Waals surface area (Å²) in [5.41, 5.74) is 0. The first-order valence-corrected chi connectivity index (χ1v) is 8.26. The Labute approximate surface area is 153 Å². The lowest BCUT2D eigenvalue weighted by Crippen LogP contribution is -2.55. The van der Waals surface area contributed by atoms with Crippen LogP contribution in [-0.2, 0) is 28.6 Å². The number of aliphatic hydroxyl groups excluding tert-OH is 1. The maximum absolute atomic E-state index is 11.2. The molecule has 0 aliphatic heterocycles. The highest BCUT2D eigenvalue weighted by atomic mass is 16.5. The van der Waals surface area contributed by atoms with Gasteiger partial charge in [0.25, 0.3) is 0 Å². The summed E-state index contributed by atoms with van der Waals surface area (Å²) in [6.07, 6.45) is 3.70. The van der Waals surface area contributed by atoms with Crippen molar-refractivity contribution in [2.75, 3.05) is 52.6 Å². The average molecular weight is 370 g/mol. The van der Waals surface area contributed by atoms with Crippen LogP contribution in [-0.4, -0.2) is 80.1 Å². The van der Waals surface area contributed by atoms with Crippen molar-refractivity contribution in [2.24, 2.45) is 0 Å². The lowest BCUT2D eigenvalue weighted by Gasteiger charge is -2.38. The lowest BCUT2D eigenvalue weighted by molar-refractivity contribution is -0.928. The molecule has 26 heavy (non-hydrogen) atoms. The Kier molecular flexibility index (Phi) is 12.5. The van der Waals surface area contributed by atoms with E-state index >= 15 is 0 Å². The predicted molar refractivity (Wildman–Crippen MR) is 94.9 cm³/mol. The molecule has 0 rings (SSSR count). The van der Waals surface area contributed by atoms with Gasteiger partial charge in [0, 0.05) is 31.3 Å². The summed E-state index contributed by atoms with van der Waals surface area (Å²) in [5, 5.41) is 9.18. The average Bonchev–Trinajstić information content (AvgIpc) is 2.65. The van der Waals surface area contributed by atoms with Gasteiger partial charge in [-0.15, -0.1) is 0 Å². The molecule has 0 aliphatic carbocycles. The number of hydrogen-bond donors (Lipinski definition) is 1. The van der Waals surface area contributed by atoms with E-state index in [1.165, 1.54) is 0 Å². The van der Waals surface area contributed by atoms with Crippen LogP contribution >= 0.6 is 0 Å². The van der Waals surface area contributed by atoms with E-state index in [1.807, 2.05) is 0 Å². The van der Waals surface area contributed by atoms with Gasteiger partial charge in [-0.3, -0.25) is 0 Å². The van der Waals surface area contributed by atoms with Gasteiger partial charge in [0.1, 0.15) is 39.5 Å². The third-order valence-corrected chi connectivity index (χ3v) is 3.72. The minimum atomic E-state index is -0.540. The van der Waals surface area contributed by atoms with Gasteiger partial charge in [-0.25, -0.2) is 14.4 Å². The number of ether oxygens (including phenoxy) is 3. The molecule has 8 heteroatoms. The fraction of sp³-hybridized carbons (Fsp3) is 0.500. The van der Waals surface area contributed by atoms with Crippen LogP contribution in [0, 0.1) is 0 Å². The number of rotatable bonds is 15. The van der Waals surface area contributed by atoms with E-state index in [1.54, 1.807) is 0 Å². The van der Waals surface area contributed by atoms with Gasteiger partial charge in [0.05, 0.1) is 6.54 Å². The first kappa shape index (κ1) is 23.5. The molecule has 0 amide bonds. The molecule has 0 fully saturated rings. The van der Waals surface area contributed by atoms with Crippen molar-refractivity contribution in [1.82, 2.24) is 0 Å². The first-order chi connectivity index (χ1) is 12.4. The zero-order valence-electron chi connectivity index (χ0n) is 15.1. The predicted octanol–water partition coefficient (Wildman–Crippen LogP) is 0.373. The van der Waals surface area contributed by atoms with Gasteiger partial charge in [-0.05, 0) is 0 Å². The highest BCUT2D eigenvalue weighted by molar-refractivity contribution is 5.81. The van der Waals surface area contributed by atoms with E-state index < -0.39 is 17.9 Å². The monoisotopic (exact) mass is 370 g/mol. The third kappa shape index (κ3) is 10.4. The molecule has 0 aromatic heterocycles. The van der Waals surface area contributed by atoms with Crippen molar-refractivity contribution < 1.29 is 38.2 Å². The Morgan fingerprint density at radius 2 is 1.08 bits per heavy atom. The smallest absolute Gasteiger partial charge is 0.330 e. The summed E-state index contributed by atoms with van der Waals surface area (Å²) in [6.45, 7) is 12.0. The van der Waals surface area contributed by atoms with Gasteiger partial charge in [-0.1, -0.05) is 19.7 Å². The molecule has 0 aliphatic rings. The van der Waals surface area contributed by atoms with Crippen molar-refractivity contribution >= 4 is 17.9 Å². The topological polar surface area (TPSA) is 99.1 Å². The van der Waals surface area contributed by atoms with Crippen LogP contribution in [0.3, 0.4) is 0 Å². The highest BCUT2D eigenvalue weighted by Gasteiger charge is 2.28. The second-order valence-electron chi connectivity index (χ2n) is 5.43. The van der Waals surface area contributed by atoms with Crippen molar-refractivity contribution in [2.45, 2.75) is 6.42 Å². The van der Waals surface area contributed by atoms with E-state index in [-0.39, 0.29) is 26.4 Å². The van der Waals surface area contributed by atoms with Crippen LogP contribution in [0.15, 0.2) is 38.0 Å². The molecule has 0 radical (unpaired) electrons. The summed E-state index contributed by atoms with van der Waals surface area (Å²) < 4.78 is 15.5. The second-order valence-corrected chi connectivity index (χ2v) is 5.43. The Bertz CT molecular complexity index is 437. The summed E-state index contributed by atoms with van der Waals surface area (Å²) in [7, 11) is 0. The molecular formula is C18H28NO7+. The van der Waals surface area contributed by atoms with Crippen LogP contribution in [0.1, 0.15) is 6.42 Å². The highest BCUT2D eigenvalue weighted by Crippen LogP contribution is 2.10. The Balaban J connectivity index is 4.98. The minimum Gasteiger partial charge on any atom is -0.457 e. The Morgan fingerprint density at radius 1 is 0.731 bits per heavy atom. The molecule has 0 aromatic carbocycles. The molecule has 0 aromatic rings. The van der Waals surface area contributed by atoms with E-state index in [2.05, 4.69) is 19.7 Å². The molecule has 1 N–H and O–H groups in total. The van der Waals surface area contributed by atoms with Gasteiger partial charge < -0.3 is 23.8 Å². The first-order valence-electron chi connectivity index (χ1n) is 8.26. The van der Waals surface area contributed by atoms with E-state index in [0.717, 1.165) is 18.2 Å². The van der Waals surface area contributed by atoms with Gasteiger partial charge in [-0.2, -0.15) is 0 Å². The molecule has 0 spiro atoms. The molecule has 0 heterocycles. The molecule has 146 valence electrons. The standard InChI is InChI=1S/C18H28NO7/c1-4-16(21)24-13-9-19(8-7-12-20,10-14-25-17(22)5-2)11-15-26-18(23)6-3/h4-6,20H,1-3,7-15H2/q+1. The number of aliphatic hydroxyl groups is 1. The summed E-state index contributed by atoms with van der Waals surface area (Å²) in [6, 6.07) is 0. The quantitative estimate of drug-likeness (QED) is 0.192. The summed E-state index contributed by atoms with van der Waals surface area (Å²) in [4.78, 5) is 33.7. The van der Waals surface area contributed by atoms with Crippen LogP contribution in [0.5, 0.6) is 0 Å². The number of quaternary nitrogens is 1. The van der Waals surface area contributed by atoms with E-state index in [9.17, 15) is 19.5 Å². The maximum atomic E-state index is 11.2. The normalized spacial score (nSPS) is 10.5. The molecule has 0 bridgehead atoms. The minimum absolute atomic E-state index is 0.0225. The largest absolute Gasteiger partial charge is 0.457 e. The SMILES string of the molecule is C=CC(=O)OCC[N+](CCCO)(CCOC(=O)C=C)CCOC(=O)C=C. The van der Waals surface area contributed by atoms with Crippen molar-refractivity contribution in [3.05, 3.63) is 38.0 Å². The van der Waals surface area contributed by atoms with E-state index in [4.69, 9.17) is 14.2 Å².